The Morgan fingerprint density at radius 3 is 2.65 bits per heavy atom. The molecule has 132 valence electrons. The van der Waals surface area contributed by atoms with Gasteiger partial charge in [-0.25, -0.2) is 4.98 Å². The first kappa shape index (κ1) is 17.9. The van der Waals surface area contributed by atoms with E-state index in [2.05, 4.69) is 21.4 Å². The first-order valence-electron chi connectivity index (χ1n) is 8.27. The number of amides is 1. The molecule has 0 saturated carbocycles. The van der Waals surface area contributed by atoms with Crippen molar-refractivity contribution in [2.45, 2.75) is 17.6 Å². The second-order valence-corrected chi connectivity index (χ2v) is 6.47. The minimum atomic E-state index is -0.239. The molecule has 0 aliphatic carbocycles. The van der Waals surface area contributed by atoms with Crippen molar-refractivity contribution in [1.82, 2.24) is 9.97 Å². The number of hydrogen-bond donors (Lipinski definition) is 1. The molecule has 0 unspecified atom stereocenters. The number of hydrogen-bond acceptors (Lipinski definition) is 5. The molecule has 0 saturated heterocycles. The van der Waals surface area contributed by atoms with Crippen molar-refractivity contribution in [3.05, 3.63) is 78.2 Å². The fourth-order valence-corrected chi connectivity index (χ4v) is 3.13. The van der Waals surface area contributed by atoms with Gasteiger partial charge in [-0.2, -0.15) is 0 Å². The number of thioether (sulfide) groups is 1. The number of ether oxygens (including phenoxy) is 1. The lowest BCUT2D eigenvalue weighted by Gasteiger charge is -2.10. The van der Waals surface area contributed by atoms with Crippen LogP contribution in [0.25, 0.3) is 0 Å². The minimum Gasteiger partial charge on any atom is -0.477 e. The van der Waals surface area contributed by atoms with Crippen molar-refractivity contribution in [2.75, 3.05) is 11.9 Å². The lowest BCUT2D eigenvalue weighted by molar-refractivity contribution is 0.102. The number of carbonyl (C=O) groups excluding carboxylic acids is 1. The highest BCUT2D eigenvalue weighted by atomic mass is 32.2. The van der Waals surface area contributed by atoms with Gasteiger partial charge in [0.05, 0.1) is 6.61 Å². The Labute approximate surface area is 156 Å². The molecule has 0 aliphatic heterocycles. The summed E-state index contributed by atoms with van der Waals surface area (Å²) in [6.45, 7) is 2.32. The van der Waals surface area contributed by atoms with Gasteiger partial charge in [0.15, 0.2) is 0 Å². The Kier molecular flexibility index (Phi) is 6.22. The molecule has 2 aromatic heterocycles. The Bertz CT molecular complexity index is 854. The summed E-state index contributed by atoms with van der Waals surface area (Å²) in [4.78, 5) is 21.8. The van der Waals surface area contributed by atoms with Crippen molar-refractivity contribution in [1.29, 1.82) is 0 Å². The molecule has 5 nitrogen and oxygen atoms in total. The van der Waals surface area contributed by atoms with E-state index in [1.54, 1.807) is 36.3 Å². The predicted octanol–water partition coefficient (Wildman–Crippen LogP) is 4.42. The highest BCUT2D eigenvalue weighted by molar-refractivity contribution is 7.98. The van der Waals surface area contributed by atoms with Crippen LogP contribution in [0.5, 0.6) is 5.88 Å². The summed E-state index contributed by atoms with van der Waals surface area (Å²) in [6.07, 6.45) is 5.24. The first-order valence-corrected chi connectivity index (χ1v) is 9.25. The van der Waals surface area contributed by atoms with Crippen LogP contribution in [0.1, 0.15) is 22.8 Å². The summed E-state index contributed by atoms with van der Waals surface area (Å²) >= 11 is 1.72. The third kappa shape index (κ3) is 4.83. The van der Waals surface area contributed by atoms with Gasteiger partial charge in [0.25, 0.3) is 5.91 Å². The smallest absolute Gasteiger partial charge is 0.261 e. The molecule has 0 aliphatic rings. The zero-order valence-corrected chi connectivity index (χ0v) is 15.2. The molecule has 1 amide bonds. The highest BCUT2D eigenvalue weighted by Gasteiger charge is 2.13. The largest absolute Gasteiger partial charge is 0.477 e. The number of nitrogens with zero attached hydrogens (tertiary/aromatic N) is 2. The standard InChI is InChI=1S/C20H19N3O2S/c1-2-25-20-18(6-4-12-22-20)19(24)23-16-7-9-17(10-8-16)26-14-15-5-3-11-21-13-15/h3-13H,2,14H2,1H3,(H,23,24). The van der Waals surface area contributed by atoms with E-state index in [-0.39, 0.29) is 5.91 Å². The Hall–Kier alpha value is -2.86. The van der Waals surface area contributed by atoms with E-state index in [0.29, 0.717) is 18.1 Å². The molecule has 0 radical (unpaired) electrons. The molecule has 1 aromatic carbocycles. The molecule has 2 heterocycles. The van der Waals surface area contributed by atoms with E-state index < -0.39 is 0 Å². The number of nitrogens with one attached hydrogen (secondary N) is 1. The number of carbonyl (C=O) groups is 1. The van der Waals surface area contributed by atoms with Crippen molar-refractivity contribution >= 4 is 23.4 Å². The molecule has 1 N–H and O–H groups in total. The third-order valence-corrected chi connectivity index (χ3v) is 4.62. The van der Waals surface area contributed by atoms with Gasteiger partial charge >= 0.3 is 0 Å². The maximum atomic E-state index is 12.5. The van der Waals surface area contributed by atoms with Gasteiger partial charge in [-0.3, -0.25) is 9.78 Å². The zero-order valence-electron chi connectivity index (χ0n) is 14.4. The monoisotopic (exact) mass is 365 g/mol. The lowest BCUT2D eigenvalue weighted by Crippen LogP contribution is -2.14. The van der Waals surface area contributed by atoms with Crippen LogP contribution in [0.4, 0.5) is 5.69 Å². The number of benzene rings is 1. The van der Waals surface area contributed by atoms with Gasteiger partial charge < -0.3 is 10.1 Å². The number of pyridine rings is 2. The van der Waals surface area contributed by atoms with Crippen LogP contribution in [0.3, 0.4) is 0 Å². The predicted molar refractivity (Wildman–Crippen MR) is 104 cm³/mol. The SMILES string of the molecule is CCOc1ncccc1C(=O)Nc1ccc(SCc2cccnc2)cc1. The highest BCUT2D eigenvalue weighted by Crippen LogP contribution is 2.24. The summed E-state index contributed by atoms with van der Waals surface area (Å²) in [7, 11) is 0. The van der Waals surface area contributed by atoms with E-state index in [1.807, 2.05) is 43.5 Å². The van der Waals surface area contributed by atoms with Crippen molar-refractivity contribution in [2.24, 2.45) is 0 Å². The molecule has 0 spiro atoms. The number of rotatable bonds is 7. The summed E-state index contributed by atoms with van der Waals surface area (Å²) in [5, 5.41) is 2.88. The average molecular weight is 365 g/mol. The molecular weight excluding hydrogens is 346 g/mol. The number of aromatic nitrogens is 2. The molecular formula is C20H19N3O2S. The molecule has 3 rings (SSSR count). The Morgan fingerprint density at radius 1 is 1.12 bits per heavy atom. The van der Waals surface area contributed by atoms with Crippen LogP contribution < -0.4 is 10.1 Å². The van der Waals surface area contributed by atoms with E-state index in [4.69, 9.17) is 4.74 Å². The maximum absolute atomic E-state index is 12.5. The van der Waals surface area contributed by atoms with E-state index in [1.165, 1.54) is 5.56 Å². The first-order chi connectivity index (χ1) is 12.8. The van der Waals surface area contributed by atoms with E-state index in [0.717, 1.165) is 16.3 Å². The van der Waals surface area contributed by atoms with Crippen molar-refractivity contribution in [3.8, 4) is 5.88 Å². The van der Waals surface area contributed by atoms with Crippen LogP contribution >= 0.6 is 11.8 Å². The van der Waals surface area contributed by atoms with Gasteiger partial charge in [-0.15, -0.1) is 11.8 Å². The quantitative estimate of drug-likeness (QED) is 0.628. The summed E-state index contributed by atoms with van der Waals surface area (Å²) < 4.78 is 5.41. The van der Waals surface area contributed by atoms with Crippen molar-refractivity contribution < 1.29 is 9.53 Å². The average Bonchev–Trinajstić information content (AvgIpc) is 2.69. The minimum absolute atomic E-state index is 0.239. The molecule has 0 fully saturated rings. The van der Waals surface area contributed by atoms with Gasteiger partial charge in [0.2, 0.25) is 5.88 Å². The lowest BCUT2D eigenvalue weighted by atomic mass is 10.2. The third-order valence-electron chi connectivity index (χ3n) is 3.54. The molecule has 6 heteroatoms. The summed E-state index contributed by atoms with van der Waals surface area (Å²) in [5.74, 6) is 0.959. The zero-order chi connectivity index (χ0) is 18.2. The van der Waals surface area contributed by atoms with Gasteiger partial charge in [-0.05, 0) is 55.0 Å². The van der Waals surface area contributed by atoms with E-state index >= 15 is 0 Å². The van der Waals surface area contributed by atoms with Crippen LogP contribution in [-0.2, 0) is 5.75 Å². The van der Waals surface area contributed by atoms with E-state index in [9.17, 15) is 4.79 Å². The number of anilines is 1. The van der Waals surface area contributed by atoms with Crippen LogP contribution in [-0.4, -0.2) is 22.5 Å². The summed E-state index contributed by atoms with van der Waals surface area (Å²) in [5.41, 5.74) is 2.33. The molecule has 26 heavy (non-hydrogen) atoms. The van der Waals surface area contributed by atoms with Crippen molar-refractivity contribution in [3.63, 3.8) is 0 Å². The maximum Gasteiger partial charge on any atom is 0.261 e. The van der Waals surface area contributed by atoms with Gasteiger partial charge in [0.1, 0.15) is 5.56 Å². The molecule has 3 aromatic rings. The second-order valence-electron chi connectivity index (χ2n) is 5.42. The molecule has 0 atom stereocenters. The van der Waals surface area contributed by atoms with Gasteiger partial charge in [0, 0.05) is 34.9 Å². The second kappa shape index (κ2) is 9.01. The fourth-order valence-electron chi connectivity index (χ4n) is 2.30. The van der Waals surface area contributed by atoms with Crippen LogP contribution in [0, 0.1) is 0 Å². The fraction of sp³-hybridized carbons (Fsp3) is 0.150. The normalized spacial score (nSPS) is 10.3. The Morgan fingerprint density at radius 2 is 1.92 bits per heavy atom. The van der Waals surface area contributed by atoms with Crippen LogP contribution in [0.15, 0.2) is 72.0 Å². The topological polar surface area (TPSA) is 64.1 Å². The Balaban J connectivity index is 1.61. The van der Waals surface area contributed by atoms with Crippen LogP contribution in [0.2, 0.25) is 0 Å². The van der Waals surface area contributed by atoms with Gasteiger partial charge in [-0.1, -0.05) is 6.07 Å². The summed E-state index contributed by atoms with van der Waals surface area (Å²) in [6, 6.07) is 15.2. The molecule has 0 bridgehead atoms.